The number of benzene rings is 1. The molecule has 1 amide bonds. The second-order valence-corrected chi connectivity index (χ2v) is 8.25. The minimum absolute atomic E-state index is 0.0361. The van der Waals surface area contributed by atoms with Gasteiger partial charge in [-0.15, -0.1) is 0 Å². The number of carbonyl (C=O) groups is 1. The zero-order chi connectivity index (χ0) is 18.7. The van der Waals surface area contributed by atoms with Gasteiger partial charge in [0.25, 0.3) is 0 Å². The van der Waals surface area contributed by atoms with E-state index in [9.17, 15) is 17.6 Å². The van der Waals surface area contributed by atoms with E-state index in [1.54, 1.807) is 4.68 Å². The first-order chi connectivity index (χ1) is 12.4. The topological polar surface area (TPSA) is 84.3 Å². The third-order valence-electron chi connectivity index (χ3n) is 4.39. The number of rotatable bonds is 6. The summed E-state index contributed by atoms with van der Waals surface area (Å²) in [6.07, 6.45) is 2.31. The highest BCUT2D eigenvalue weighted by Gasteiger charge is 2.35. The number of hydrogen-bond donors (Lipinski definition) is 1. The van der Waals surface area contributed by atoms with Gasteiger partial charge in [-0.25, -0.2) is 12.8 Å². The van der Waals surface area contributed by atoms with Gasteiger partial charge in [-0.1, -0.05) is 0 Å². The van der Waals surface area contributed by atoms with Crippen molar-refractivity contribution >= 4 is 15.9 Å². The molecule has 9 heteroatoms. The van der Waals surface area contributed by atoms with Gasteiger partial charge >= 0.3 is 0 Å². The van der Waals surface area contributed by atoms with E-state index in [2.05, 4.69) is 10.4 Å². The quantitative estimate of drug-likeness (QED) is 0.815. The van der Waals surface area contributed by atoms with Gasteiger partial charge in [0, 0.05) is 25.8 Å². The molecule has 1 atom stereocenters. The maximum absolute atomic E-state index is 13.0. The second kappa shape index (κ2) is 7.55. The average molecular weight is 380 g/mol. The second-order valence-electron chi connectivity index (χ2n) is 6.31. The molecule has 0 radical (unpaired) electrons. The van der Waals surface area contributed by atoms with Crippen LogP contribution >= 0.6 is 0 Å². The van der Waals surface area contributed by atoms with E-state index < -0.39 is 15.8 Å². The fourth-order valence-corrected chi connectivity index (χ4v) is 4.44. The smallest absolute Gasteiger partial charge is 0.243 e. The number of sulfonamides is 1. The van der Waals surface area contributed by atoms with Crippen LogP contribution in [0, 0.1) is 18.7 Å². The van der Waals surface area contributed by atoms with Crippen LogP contribution in [0.2, 0.25) is 0 Å². The Balaban J connectivity index is 1.54. The molecule has 1 N–H and O–H groups in total. The van der Waals surface area contributed by atoms with Crippen LogP contribution < -0.4 is 5.32 Å². The van der Waals surface area contributed by atoms with Crippen molar-refractivity contribution in [3.05, 3.63) is 48.0 Å². The highest BCUT2D eigenvalue weighted by atomic mass is 32.2. The summed E-state index contributed by atoms with van der Waals surface area (Å²) in [5, 5.41) is 7.07. The molecule has 0 unspecified atom stereocenters. The number of hydrogen-bond acceptors (Lipinski definition) is 4. The lowest BCUT2D eigenvalue weighted by Crippen LogP contribution is -2.36. The Kier molecular flexibility index (Phi) is 5.38. The first kappa shape index (κ1) is 18.5. The van der Waals surface area contributed by atoms with Crippen LogP contribution in [-0.4, -0.2) is 48.0 Å². The van der Waals surface area contributed by atoms with Crippen LogP contribution in [0.1, 0.15) is 12.1 Å². The summed E-state index contributed by atoms with van der Waals surface area (Å²) >= 11 is 0. The van der Waals surface area contributed by atoms with Crippen molar-refractivity contribution in [1.29, 1.82) is 0 Å². The molecule has 2 aromatic rings. The molecule has 1 aliphatic heterocycles. The zero-order valence-corrected chi connectivity index (χ0v) is 15.2. The molecule has 0 spiro atoms. The van der Waals surface area contributed by atoms with Gasteiger partial charge < -0.3 is 5.32 Å². The normalized spacial score (nSPS) is 18.2. The van der Waals surface area contributed by atoms with Gasteiger partial charge in [0.05, 0.1) is 23.1 Å². The van der Waals surface area contributed by atoms with Gasteiger partial charge in [0.2, 0.25) is 15.9 Å². The molecule has 0 saturated carbocycles. The van der Waals surface area contributed by atoms with Crippen molar-refractivity contribution in [2.75, 3.05) is 19.6 Å². The van der Waals surface area contributed by atoms with Gasteiger partial charge in [0.1, 0.15) is 5.82 Å². The number of amides is 1. The number of aromatic nitrogens is 2. The number of aryl methyl sites for hydroxylation is 1. The van der Waals surface area contributed by atoms with Crippen molar-refractivity contribution in [3.8, 4) is 0 Å². The summed E-state index contributed by atoms with van der Waals surface area (Å²) in [7, 11) is -3.71. The zero-order valence-electron chi connectivity index (χ0n) is 14.4. The minimum Gasteiger partial charge on any atom is -0.354 e. The minimum atomic E-state index is -3.71. The Bertz CT molecular complexity index is 880. The van der Waals surface area contributed by atoms with Crippen LogP contribution in [0.25, 0.3) is 0 Å². The fraction of sp³-hybridized carbons (Fsp3) is 0.412. The lowest BCUT2D eigenvalue weighted by Gasteiger charge is -2.16. The predicted octanol–water partition coefficient (Wildman–Crippen LogP) is 1.16. The van der Waals surface area contributed by atoms with Crippen molar-refractivity contribution in [1.82, 2.24) is 19.4 Å². The van der Waals surface area contributed by atoms with Crippen molar-refractivity contribution in [2.24, 2.45) is 5.92 Å². The van der Waals surface area contributed by atoms with E-state index in [-0.39, 0.29) is 29.8 Å². The van der Waals surface area contributed by atoms with Gasteiger partial charge in [0.15, 0.2) is 0 Å². The van der Waals surface area contributed by atoms with E-state index in [0.29, 0.717) is 19.5 Å². The molecule has 0 bridgehead atoms. The Morgan fingerprint density at radius 3 is 2.69 bits per heavy atom. The fourth-order valence-electron chi connectivity index (χ4n) is 2.94. The molecule has 140 valence electrons. The highest BCUT2D eigenvalue weighted by molar-refractivity contribution is 7.89. The standard InChI is InChI=1S/C17H21FN4O3S/c1-13-6-9-21(20-13)11-8-19-17(23)14-7-10-22(12-14)26(24,25)16-4-2-15(18)3-5-16/h2-6,9,14H,7-8,10-12H2,1H3,(H,19,23)/t14-/m0/s1. The maximum atomic E-state index is 13.0. The number of carbonyl (C=O) groups excluding carboxylic acids is 1. The highest BCUT2D eigenvalue weighted by Crippen LogP contribution is 2.24. The molecule has 1 saturated heterocycles. The van der Waals surface area contributed by atoms with Crippen LogP contribution in [0.4, 0.5) is 4.39 Å². The van der Waals surface area contributed by atoms with E-state index in [0.717, 1.165) is 17.8 Å². The summed E-state index contributed by atoms with van der Waals surface area (Å²) < 4.78 is 41.2. The van der Waals surface area contributed by atoms with E-state index >= 15 is 0 Å². The molecule has 1 aliphatic rings. The first-order valence-corrected chi connectivity index (χ1v) is 9.84. The Hall–Kier alpha value is -2.26. The molecule has 1 aromatic heterocycles. The molecule has 1 fully saturated rings. The molecular weight excluding hydrogens is 359 g/mol. The molecule has 1 aromatic carbocycles. The average Bonchev–Trinajstić information content (AvgIpc) is 3.25. The maximum Gasteiger partial charge on any atom is 0.243 e. The third kappa shape index (κ3) is 4.10. The molecule has 0 aliphatic carbocycles. The van der Waals surface area contributed by atoms with Gasteiger partial charge in [-0.2, -0.15) is 9.40 Å². The largest absolute Gasteiger partial charge is 0.354 e. The van der Waals surface area contributed by atoms with E-state index in [1.165, 1.54) is 16.4 Å². The van der Waals surface area contributed by atoms with E-state index in [1.807, 2.05) is 19.2 Å². The summed E-state index contributed by atoms with van der Waals surface area (Å²) in [5.74, 6) is -1.04. The summed E-state index contributed by atoms with van der Waals surface area (Å²) in [5.41, 5.74) is 0.911. The van der Waals surface area contributed by atoms with E-state index in [4.69, 9.17) is 0 Å². The summed E-state index contributed by atoms with van der Waals surface area (Å²) in [6, 6.07) is 6.60. The third-order valence-corrected chi connectivity index (χ3v) is 6.27. The number of nitrogens with zero attached hydrogens (tertiary/aromatic N) is 3. The molecular formula is C17H21FN4O3S. The van der Waals surface area contributed by atoms with Crippen LogP contribution in [0.3, 0.4) is 0 Å². The molecule has 2 heterocycles. The summed E-state index contributed by atoms with van der Waals surface area (Å²) in [4.78, 5) is 12.3. The van der Waals surface area contributed by atoms with Crippen molar-refractivity contribution < 1.29 is 17.6 Å². The monoisotopic (exact) mass is 380 g/mol. The SMILES string of the molecule is Cc1ccn(CCNC(=O)[C@H]2CCN(S(=O)(=O)c3ccc(F)cc3)C2)n1. The van der Waals surface area contributed by atoms with Crippen LogP contribution in [-0.2, 0) is 21.4 Å². The van der Waals surface area contributed by atoms with Gasteiger partial charge in [-0.05, 0) is 43.7 Å². The molecule has 26 heavy (non-hydrogen) atoms. The predicted molar refractivity (Wildman–Crippen MR) is 93.2 cm³/mol. The Morgan fingerprint density at radius 2 is 2.04 bits per heavy atom. The number of nitrogens with one attached hydrogen (secondary N) is 1. The lowest BCUT2D eigenvalue weighted by atomic mass is 10.1. The van der Waals surface area contributed by atoms with Crippen molar-refractivity contribution in [3.63, 3.8) is 0 Å². The first-order valence-electron chi connectivity index (χ1n) is 8.40. The molecule has 7 nitrogen and oxygen atoms in total. The van der Waals surface area contributed by atoms with Crippen LogP contribution in [0.15, 0.2) is 41.4 Å². The Morgan fingerprint density at radius 1 is 1.31 bits per heavy atom. The Labute approximate surface area is 151 Å². The molecule has 3 rings (SSSR count). The van der Waals surface area contributed by atoms with Crippen molar-refractivity contribution in [2.45, 2.75) is 24.8 Å². The van der Waals surface area contributed by atoms with Crippen LogP contribution in [0.5, 0.6) is 0 Å². The lowest BCUT2D eigenvalue weighted by molar-refractivity contribution is -0.124. The number of halogens is 1. The summed E-state index contributed by atoms with van der Waals surface area (Å²) in [6.45, 7) is 3.29. The van der Waals surface area contributed by atoms with Gasteiger partial charge in [-0.3, -0.25) is 9.48 Å².